The maximum absolute atomic E-state index is 12.2. The van der Waals surface area contributed by atoms with Gasteiger partial charge in [-0.25, -0.2) is 0 Å². The zero-order chi connectivity index (χ0) is 16.1. The van der Waals surface area contributed by atoms with E-state index in [9.17, 15) is 15.2 Å². The van der Waals surface area contributed by atoms with E-state index < -0.39 is 5.91 Å². The molecule has 2 aromatic rings. The topological polar surface area (TPSA) is 73.1 Å². The average Bonchev–Trinajstić information content (AvgIpc) is 2.50. The largest absolute Gasteiger partial charge is 0.507 e. The summed E-state index contributed by atoms with van der Waals surface area (Å²) in [6.07, 6.45) is 1.47. The summed E-state index contributed by atoms with van der Waals surface area (Å²) in [5.41, 5.74) is 2.21. The van der Waals surface area contributed by atoms with E-state index in [1.807, 2.05) is 31.2 Å². The molecule has 0 aliphatic heterocycles. The summed E-state index contributed by atoms with van der Waals surface area (Å²) in [7, 11) is 0. The Balaban J connectivity index is 2.26. The SMILES string of the molecule is Cc1ccccc1NC(=O)/C(C#N)=C\c1ccc(O)c(Br)c1. The predicted molar refractivity (Wildman–Crippen MR) is 89.2 cm³/mol. The Morgan fingerprint density at radius 2 is 2.05 bits per heavy atom. The number of nitrogens with zero attached hydrogens (tertiary/aromatic N) is 1. The Kier molecular flexibility index (Phi) is 4.97. The molecule has 0 radical (unpaired) electrons. The van der Waals surface area contributed by atoms with Crippen LogP contribution in [0.25, 0.3) is 6.08 Å². The fourth-order valence-electron chi connectivity index (χ4n) is 1.83. The van der Waals surface area contributed by atoms with Gasteiger partial charge in [0, 0.05) is 5.69 Å². The van der Waals surface area contributed by atoms with Gasteiger partial charge in [-0.2, -0.15) is 5.26 Å². The summed E-state index contributed by atoms with van der Waals surface area (Å²) >= 11 is 3.20. The molecule has 0 aromatic heterocycles. The number of nitriles is 1. The monoisotopic (exact) mass is 356 g/mol. The molecule has 2 aromatic carbocycles. The Labute approximate surface area is 136 Å². The minimum atomic E-state index is -0.471. The van der Waals surface area contributed by atoms with E-state index in [1.165, 1.54) is 12.1 Å². The first-order valence-electron chi connectivity index (χ1n) is 6.48. The van der Waals surface area contributed by atoms with Crippen molar-refractivity contribution in [2.75, 3.05) is 5.32 Å². The van der Waals surface area contributed by atoms with Gasteiger partial charge in [0.05, 0.1) is 4.47 Å². The number of rotatable bonds is 3. The second-order valence-electron chi connectivity index (χ2n) is 4.65. The minimum Gasteiger partial charge on any atom is -0.507 e. The Hall–Kier alpha value is -2.58. The van der Waals surface area contributed by atoms with Crippen LogP contribution in [0, 0.1) is 18.3 Å². The number of halogens is 1. The van der Waals surface area contributed by atoms with Crippen molar-refractivity contribution in [3.05, 3.63) is 63.6 Å². The Morgan fingerprint density at radius 1 is 1.32 bits per heavy atom. The smallest absolute Gasteiger partial charge is 0.266 e. The van der Waals surface area contributed by atoms with Crippen molar-refractivity contribution in [3.63, 3.8) is 0 Å². The number of hydrogen-bond acceptors (Lipinski definition) is 3. The summed E-state index contributed by atoms with van der Waals surface area (Å²) < 4.78 is 0.498. The summed E-state index contributed by atoms with van der Waals surface area (Å²) in [6, 6.07) is 14.0. The molecule has 22 heavy (non-hydrogen) atoms. The van der Waals surface area contributed by atoms with Gasteiger partial charge in [-0.05, 0) is 58.3 Å². The number of amides is 1. The van der Waals surface area contributed by atoms with E-state index in [4.69, 9.17) is 0 Å². The summed E-state index contributed by atoms with van der Waals surface area (Å²) in [4.78, 5) is 12.2. The van der Waals surface area contributed by atoms with E-state index in [-0.39, 0.29) is 11.3 Å². The zero-order valence-electron chi connectivity index (χ0n) is 11.8. The molecule has 0 atom stereocenters. The third-order valence-corrected chi connectivity index (χ3v) is 3.68. The van der Waals surface area contributed by atoms with Crippen molar-refractivity contribution >= 4 is 33.6 Å². The van der Waals surface area contributed by atoms with Crippen LogP contribution in [-0.2, 0) is 4.79 Å². The lowest BCUT2D eigenvalue weighted by atomic mass is 10.1. The number of carbonyl (C=O) groups is 1. The number of nitrogens with one attached hydrogen (secondary N) is 1. The average molecular weight is 357 g/mol. The van der Waals surface area contributed by atoms with Gasteiger partial charge >= 0.3 is 0 Å². The first kappa shape index (κ1) is 15.8. The molecule has 1 amide bonds. The number of aromatic hydroxyl groups is 1. The fraction of sp³-hybridized carbons (Fsp3) is 0.0588. The third kappa shape index (κ3) is 3.74. The number of phenolic OH excluding ortho intramolecular Hbond substituents is 1. The highest BCUT2D eigenvalue weighted by Crippen LogP contribution is 2.25. The van der Waals surface area contributed by atoms with Gasteiger partial charge in [0.1, 0.15) is 17.4 Å². The summed E-state index contributed by atoms with van der Waals surface area (Å²) in [6.45, 7) is 1.88. The Bertz CT molecular complexity index is 791. The van der Waals surface area contributed by atoms with Gasteiger partial charge in [-0.1, -0.05) is 24.3 Å². The van der Waals surface area contributed by atoms with Gasteiger partial charge in [-0.15, -0.1) is 0 Å². The minimum absolute atomic E-state index is 0.0131. The first-order chi connectivity index (χ1) is 10.5. The highest BCUT2D eigenvalue weighted by molar-refractivity contribution is 9.10. The standard InChI is InChI=1S/C17H13BrN2O2/c1-11-4-2-3-5-15(11)20-17(22)13(10-19)8-12-6-7-16(21)14(18)9-12/h2-9,21H,1H3,(H,20,22)/b13-8-. The van der Waals surface area contributed by atoms with Gasteiger partial charge in [0.25, 0.3) is 5.91 Å². The van der Waals surface area contributed by atoms with Crippen LogP contribution in [0.5, 0.6) is 5.75 Å². The normalized spacial score (nSPS) is 10.9. The van der Waals surface area contributed by atoms with Crippen LogP contribution in [0.4, 0.5) is 5.69 Å². The second-order valence-corrected chi connectivity index (χ2v) is 5.50. The highest BCUT2D eigenvalue weighted by Gasteiger charge is 2.11. The van der Waals surface area contributed by atoms with Crippen molar-refractivity contribution in [1.29, 1.82) is 5.26 Å². The van der Waals surface area contributed by atoms with Gasteiger partial charge in [0.15, 0.2) is 0 Å². The van der Waals surface area contributed by atoms with Gasteiger partial charge in [-0.3, -0.25) is 4.79 Å². The van der Waals surface area contributed by atoms with Crippen LogP contribution in [0.15, 0.2) is 52.5 Å². The number of hydrogen-bond donors (Lipinski definition) is 2. The molecule has 0 saturated carbocycles. The Morgan fingerprint density at radius 3 is 2.68 bits per heavy atom. The number of aryl methyl sites for hydroxylation is 1. The lowest BCUT2D eigenvalue weighted by molar-refractivity contribution is -0.112. The molecule has 2 rings (SSSR count). The molecule has 4 nitrogen and oxygen atoms in total. The molecule has 0 aliphatic carbocycles. The van der Waals surface area contributed by atoms with Crippen LogP contribution in [0.1, 0.15) is 11.1 Å². The van der Waals surface area contributed by atoms with Gasteiger partial charge < -0.3 is 10.4 Å². The molecule has 0 saturated heterocycles. The molecule has 0 bridgehead atoms. The number of para-hydroxylation sites is 1. The molecule has 0 heterocycles. The van der Waals surface area contributed by atoms with Crippen LogP contribution in [0.3, 0.4) is 0 Å². The predicted octanol–water partition coefficient (Wildman–Crippen LogP) is 4.01. The van der Waals surface area contributed by atoms with Gasteiger partial charge in [0.2, 0.25) is 0 Å². The number of benzene rings is 2. The quantitative estimate of drug-likeness (QED) is 0.644. The molecule has 0 spiro atoms. The van der Waals surface area contributed by atoms with E-state index in [0.29, 0.717) is 15.7 Å². The fourth-order valence-corrected chi connectivity index (χ4v) is 2.23. The van der Waals surface area contributed by atoms with Crippen molar-refractivity contribution in [2.24, 2.45) is 0 Å². The second kappa shape index (κ2) is 6.92. The highest BCUT2D eigenvalue weighted by atomic mass is 79.9. The number of phenols is 1. The maximum atomic E-state index is 12.2. The van der Waals surface area contributed by atoms with E-state index >= 15 is 0 Å². The molecule has 110 valence electrons. The van der Waals surface area contributed by atoms with Crippen LogP contribution >= 0.6 is 15.9 Å². The van der Waals surface area contributed by atoms with E-state index in [1.54, 1.807) is 18.2 Å². The molecular formula is C17H13BrN2O2. The summed E-state index contributed by atoms with van der Waals surface area (Å²) in [5, 5.41) is 21.4. The number of anilines is 1. The lowest BCUT2D eigenvalue weighted by Crippen LogP contribution is -2.14. The van der Waals surface area contributed by atoms with Crippen molar-refractivity contribution < 1.29 is 9.90 Å². The summed E-state index contributed by atoms with van der Waals surface area (Å²) in [5.74, 6) is -0.374. The molecule has 0 unspecified atom stereocenters. The maximum Gasteiger partial charge on any atom is 0.266 e. The first-order valence-corrected chi connectivity index (χ1v) is 7.28. The number of carbonyl (C=O) groups excluding carboxylic acids is 1. The third-order valence-electron chi connectivity index (χ3n) is 3.04. The van der Waals surface area contributed by atoms with Crippen molar-refractivity contribution in [1.82, 2.24) is 0 Å². The van der Waals surface area contributed by atoms with Crippen LogP contribution in [0.2, 0.25) is 0 Å². The molecular weight excluding hydrogens is 344 g/mol. The van der Waals surface area contributed by atoms with Crippen molar-refractivity contribution in [2.45, 2.75) is 6.92 Å². The van der Waals surface area contributed by atoms with E-state index in [0.717, 1.165) is 5.56 Å². The molecule has 0 aliphatic rings. The molecule has 2 N–H and O–H groups in total. The molecule has 0 fully saturated rings. The van der Waals surface area contributed by atoms with Crippen LogP contribution < -0.4 is 5.32 Å². The lowest BCUT2D eigenvalue weighted by Gasteiger charge is -2.07. The zero-order valence-corrected chi connectivity index (χ0v) is 13.4. The molecule has 5 heteroatoms. The van der Waals surface area contributed by atoms with E-state index in [2.05, 4.69) is 21.2 Å². The van der Waals surface area contributed by atoms with Crippen LogP contribution in [-0.4, -0.2) is 11.0 Å². The van der Waals surface area contributed by atoms with Crippen molar-refractivity contribution in [3.8, 4) is 11.8 Å².